The van der Waals surface area contributed by atoms with Gasteiger partial charge in [-0.25, -0.2) is 0 Å². The number of ether oxygens (including phenoxy) is 1. The molecule has 2 aromatic rings. The highest BCUT2D eigenvalue weighted by atomic mass is 35.5. The molecule has 2 nitrogen and oxygen atoms in total. The van der Waals surface area contributed by atoms with Crippen LogP contribution in [-0.2, 0) is 6.42 Å². The molecule has 0 saturated heterocycles. The standard InChI is InChI=1S/C15H18ClNOS/c1-3-11-4-6-12(7-5-11)18-15(10(2)17)13-8-9-14(16)19-13/h4-10,15H,3,17H2,1-2H3. The highest BCUT2D eigenvalue weighted by Gasteiger charge is 2.20. The third-order valence-corrected chi connectivity index (χ3v) is 4.24. The second kappa shape index (κ2) is 6.42. The molecule has 0 bridgehead atoms. The smallest absolute Gasteiger partial charge is 0.148 e. The first-order chi connectivity index (χ1) is 9.10. The zero-order chi connectivity index (χ0) is 13.8. The predicted molar refractivity (Wildman–Crippen MR) is 82.2 cm³/mol. The van der Waals surface area contributed by atoms with E-state index in [-0.39, 0.29) is 12.1 Å². The predicted octanol–water partition coefficient (Wildman–Crippen LogP) is 4.43. The summed E-state index contributed by atoms with van der Waals surface area (Å²) in [5, 5.41) is 0. The average molecular weight is 296 g/mol. The largest absolute Gasteiger partial charge is 0.483 e. The van der Waals surface area contributed by atoms with Crippen molar-refractivity contribution in [2.75, 3.05) is 0 Å². The van der Waals surface area contributed by atoms with Crippen molar-refractivity contribution in [2.45, 2.75) is 32.4 Å². The Labute approximate surface area is 123 Å². The first-order valence-electron chi connectivity index (χ1n) is 6.36. The number of nitrogens with two attached hydrogens (primary N) is 1. The molecule has 2 atom stereocenters. The summed E-state index contributed by atoms with van der Waals surface area (Å²) in [5.41, 5.74) is 7.32. The molecule has 102 valence electrons. The van der Waals surface area contributed by atoms with Crippen LogP contribution in [0.4, 0.5) is 0 Å². The Kier molecular flexibility index (Phi) is 4.86. The molecule has 0 aliphatic carbocycles. The molecule has 0 aliphatic rings. The van der Waals surface area contributed by atoms with E-state index < -0.39 is 0 Å². The van der Waals surface area contributed by atoms with Crippen LogP contribution >= 0.6 is 22.9 Å². The summed E-state index contributed by atoms with van der Waals surface area (Å²) in [6.45, 7) is 4.08. The molecule has 1 aromatic carbocycles. The molecule has 1 aromatic heterocycles. The zero-order valence-electron chi connectivity index (χ0n) is 11.1. The van der Waals surface area contributed by atoms with Crippen molar-refractivity contribution in [2.24, 2.45) is 5.73 Å². The number of thiophene rings is 1. The van der Waals surface area contributed by atoms with E-state index >= 15 is 0 Å². The Hall–Kier alpha value is -1.03. The minimum absolute atomic E-state index is 0.0967. The van der Waals surface area contributed by atoms with Crippen molar-refractivity contribution in [3.63, 3.8) is 0 Å². The van der Waals surface area contributed by atoms with Crippen molar-refractivity contribution in [3.8, 4) is 5.75 Å². The Morgan fingerprint density at radius 3 is 2.37 bits per heavy atom. The lowest BCUT2D eigenvalue weighted by atomic mass is 10.1. The molecule has 0 fully saturated rings. The summed E-state index contributed by atoms with van der Waals surface area (Å²) in [7, 11) is 0. The second-order valence-corrected chi connectivity index (χ2v) is 6.28. The summed E-state index contributed by atoms with van der Waals surface area (Å²) < 4.78 is 6.76. The minimum Gasteiger partial charge on any atom is -0.483 e. The summed E-state index contributed by atoms with van der Waals surface area (Å²) >= 11 is 7.49. The SMILES string of the molecule is CCc1ccc(OC(c2ccc(Cl)s2)C(C)N)cc1. The van der Waals surface area contributed by atoms with Crippen LogP contribution in [0.15, 0.2) is 36.4 Å². The minimum atomic E-state index is -0.162. The van der Waals surface area contributed by atoms with Gasteiger partial charge in [0.25, 0.3) is 0 Å². The number of hydrogen-bond donors (Lipinski definition) is 1. The van der Waals surface area contributed by atoms with Gasteiger partial charge in [0.05, 0.1) is 4.34 Å². The molecule has 0 amide bonds. The Bertz CT molecular complexity index is 521. The van der Waals surface area contributed by atoms with Gasteiger partial charge in [-0.3, -0.25) is 0 Å². The van der Waals surface area contributed by atoms with Gasteiger partial charge in [-0.2, -0.15) is 0 Å². The lowest BCUT2D eigenvalue weighted by Gasteiger charge is -2.21. The zero-order valence-corrected chi connectivity index (χ0v) is 12.7. The van der Waals surface area contributed by atoms with Crippen LogP contribution < -0.4 is 10.5 Å². The fraction of sp³-hybridized carbons (Fsp3) is 0.333. The van der Waals surface area contributed by atoms with Gasteiger partial charge < -0.3 is 10.5 Å². The number of rotatable bonds is 5. The van der Waals surface area contributed by atoms with E-state index in [1.165, 1.54) is 16.9 Å². The quantitative estimate of drug-likeness (QED) is 0.885. The molecule has 2 rings (SSSR count). The summed E-state index contributed by atoms with van der Waals surface area (Å²) in [6.07, 6.45) is 0.863. The molecule has 4 heteroatoms. The third-order valence-electron chi connectivity index (χ3n) is 2.95. The maximum atomic E-state index is 6.02. The first-order valence-corrected chi connectivity index (χ1v) is 7.56. The molecule has 2 N–H and O–H groups in total. The van der Waals surface area contributed by atoms with Crippen molar-refractivity contribution < 1.29 is 4.74 Å². The number of halogens is 1. The molecule has 0 aliphatic heterocycles. The van der Waals surface area contributed by atoms with E-state index in [9.17, 15) is 0 Å². The van der Waals surface area contributed by atoms with Gasteiger partial charge in [0.15, 0.2) is 0 Å². The maximum absolute atomic E-state index is 6.02. The number of hydrogen-bond acceptors (Lipinski definition) is 3. The molecule has 0 radical (unpaired) electrons. The van der Waals surface area contributed by atoms with Crippen LogP contribution in [0.2, 0.25) is 4.34 Å². The topological polar surface area (TPSA) is 35.2 Å². The van der Waals surface area contributed by atoms with Gasteiger partial charge in [0.2, 0.25) is 0 Å². The molecule has 2 unspecified atom stereocenters. The molecular weight excluding hydrogens is 278 g/mol. The molecule has 1 heterocycles. The fourth-order valence-corrected chi connectivity index (χ4v) is 3.06. The van der Waals surface area contributed by atoms with Crippen molar-refractivity contribution in [1.29, 1.82) is 0 Å². The van der Waals surface area contributed by atoms with E-state index in [1.54, 1.807) is 0 Å². The van der Waals surface area contributed by atoms with E-state index in [0.29, 0.717) is 0 Å². The monoisotopic (exact) mass is 295 g/mol. The lowest BCUT2D eigenvalue weighted by Crippen LogP contribution is -2.28. The Morgan fingerprint density at radius 2 is 1.89 bits per heavy atom. The highest BCUT2D eigenvalue weighted by Crippen LogP contribution is 2.31. The summed E-state index contributed by atoms with van der Waals surface area (Å²) in [5.74, 6) is 0.837. The normalized spacial score (nSPS) is 14.1. The van der Waals surface area contributed by atoms with Gasteiger partial charge >= 0.3 is 0 Å². The van der Waals surface area contributed by atoms with Crippen molar-refractivity contribution in [3.05, 3.63) is 51.2 Å². The van der Waals surface area contributed by atoms with E-state index in [2.05, 4.69) is 19.1 Å². The Balaban J connectivity index is 2.16. The van der Waals surface area contributed by atoms with Crippen LogP contribution in [0.1, 0.15) is 30.4 Å². The van der Waals surface area contributed by atoms with E-state index in [1.807, 2.05) is 31.2 Å². The van der Waals surface area contributed by atoms with Crippen LogP contribution in [0.3, 0.4) is 0 Å². The highest BCUT2D eigenvalue weighted by molar-refractivity contribution is 7.16. The lowest BCUT2D eigenvalue weighted by molar-refractivity contribution is 0.184. The number of aryl methyl sites for hydroxylation is 1. The van der Waals surface area contributed by atoms with E-state index in [0.717, 1.165) is 21.4 Å². The summed E-state index contributed by atoms with van der Waals surface area (Å²) in [6, 6.07) is 11.9. The second-order valence-electron chi connectivity index (χ2n) is 4.54. The first kappa shape index (κ1) is 14.4. The summed E-state index contributed by atoms with van der Waals surface area (Å²) in [4.78, 5) is 1.06. The van der Waals surface area contributed by atoms with Crippen LogP contribution in [0.5, 0.6) is 5.75 Å². The third kappa shape index (κ3) is 3.72. The molecule has 19 heavy (non-hydrogen) atoms. The van der Waals surface area contributed by atoms with Crippen molar-refractivity contribution in [1.82, 2.24) is 0 Å². The van der Waals surface area contributed by atoms with Gasteiger partial charge in [-0.05, 0) is 43.2 Å². The molecule has 0 spiro atoms. The average Bonchev–Trinajstić information content (AvgIpc) is 2.82. The van der Waals surface area contributed by atoms with Gasteiger partial charge in [0, 0.05) is 10.9 Å². The van der Waals surface area contributed by atoms with Crippen LogP contribution in [0.25, 0.3) is 0 Å². The molecule has 0 saturated carbocycles. The van der Waals surface area contributed by atoms with Gasteiger partial charge in [-0.1, -0.05) is 30.7 Å². The molecular formula is C15H18ClNOS. The number of benzene rings is 1. The Morgan fingerprint density at radius 1 is 1.21 bits per heavy atom. The van der Waals surface area contributed by atoms with Gasteiger partial charge in [-0.15, -0.1) is 11.3 Å². The van der Waals surface area contributed by atoms with Crippen LogP contribution in [-0.4, -0.2) is 6.04 Å². The fourth-order valence-electron chi connectivity index (χ4n) is 1.86. The van der Waals surface area contributed by atoms with Gasteiger partial charge in [0.1, 0.15) is 11.9 Å². The van der Waals surface area contributed by atoms with Crippen molar-refractivity contribution >= 4 is 22.9 Å². The maximum Gasteiger partial charge on any atom is 0.148 e. The van der Waals surface area contributed by atoms with E-state index in [4.69, 9.17) is 22.1 Å². The van der Waals surface area contributed by atoms with Crippen LogP contribution in [0, 0.1) is 0 Å².